The van der Waals surface area contributed by atoms with Gasteiger partial charge in [-0.1, -0.05) is 17.7 Å². The van der Waals surface area contributed by atoms with Crippen LogP contribution in [-0.4, -0.2) is 17.7 Å². The van der Waals surface area contributed by atoms with Gasteiger partial charge in [-0.2, -0.15) is 5.26 Å². The number of carbonyl (C=O) groups is 1. The molecule has 7 saturated carbocycles. The third kappa shape index (κ3) is 2.07. The number of ether oxygens (including phenoxy) is 1. The molecule has 0 aromatic heterocycles. The van der Waals surface area contributed by atoms with Gasteiger partial charge in [0.15, 0.2) is 0 Å². The molecule has 0 aliphatic heterocycles. The number of carboxylic acid groups (broad SMARTS) is 1. The SMILES string of the molecule is N#Cc1cc(NSc2cc(C(=O)O)ccc2C2CC2)c(OCC23C4C5C6C4C2C6C53)cc1Cl. The smallest absolute Gasteiger partial charge is 0.335 e. The fraction of sp³-hybridized carbons (Fsp3) is 0.462. The lowest BCUT2D eigenvalue weighted by molar-refractivity contribution is -0.616. The normalized spacial score (nSPS) is 39.0. The van der Waals surface area contributed by atoms with Crippen LogP contribution in [-0.2, 0) is 0 Å². The summed E-state index contributed by atoms with van der Waals surface area (Å²) in [7, 11) is 0. The fourth-order valence-corrected chi connectivity index (χ4v) is 9.71. The monoisotopic (exact) mass is 476 g/mol. The van der Waals surface area contributed by atoms with Crippen molar-refractivity contribution in [3.63, 3.8) is 0 Å². The van der Waals surface area contributed by atoms with Gasteiger partial charge in [-0.15, -0.1) is 0 Å². The van der Waals surface area contributed by atoms with E-state index in [-0.39, 0.29) is 5.56 Å². The zero-order valence-electron chi connectivity index (χ0n) is 17.6. The van der Waals surface area contributed by atoms with Crippen molar-refractivity contribution < 1.29 is 14.6 Å². The number of nitrogens with zero attached hydrogens (tertiary/aromatic N) is 1. The number of aromatic carboxylic acids is 1. The summed E-state index contributed by atoms with van der Waals surface area (Å²) in [5.41, 5.74) is 2.97. The van der Waals surface area contributed by atoms with Gasteiger partial charge in [-0.3, -0.25) is 0 Å². The maximum Gasteiger partial charge on any atom is 0.335 e. The van der Waals surface area contributed by atoms with Crippen molar-refractivity contribution in [2.45, 2.75) is 23.7 Å². The lowest BCUT2D eigenvalue weighted by atomic mass is 8.97. The summed E-state index contributed by atoms with van der Waals surface area (Å²) >= 11 is 7.74. The molecule has 7 heteroatoms. The van der Waals surface area contributed by atoms with Crippen molar-refractivity contribution in [2.75, 3.05) is 11.3 Å². The average Bonchev–Trinajstić information content (AvgIpc) is 3.67. The Balaban J connectivity index is 1.06. The van der Waals surface area contributed by atoms with Crippen LogP contribution in [0.2, 0.25) is 5.02 Å². The van der Waals surface area contributed by atoms with E-state index in [9.17, 15) is 15.2 Å². The second-order valence-corrected chi connectivity index (χ2v) is 12.0. The molecular weight excluding hydrogens is 456 g/mol. The Hall–Kier alpha value is -2.36. The van der Waals surface area contributed by atoms with E-state index in [0.29, 0.717) is 33.4 Å². The number of halogens is 1. The number of rotatable bonds is 8. The van der Waals surface area contributed by atoms with Crippen molar-refractivity contribution in [3.8, 4) is 11.8 Å². The first kappa shape index (κ1) is 19.0. The zero-order valence-corrected chi connectivity index (χ0v) is 19.2. The Morgan fingerprint density at radius 1 is 1.18 bits per heavy atom. The number of hydrogen-bond acceptors (Lipinski definition) is 5. The molecule has 33 heavy (non-hydrogen) atoms. The number of nitriles is 1. The van der Waals surface area contributed by atoms with Crippen LogP contribution in [0.25, 0.3) is 0 Å². The van der Waals surface area contributed by atoms with Crippen molar-refractivity contribution >= 4 is 35.2 Å². The van der Waals surface area contributed by atoms with Crippen molar-refractivity contribution in [1.29, 1.82) is 5.26 Å². The van der Waals surface area contributed by atoms with Crippen LogP contribution < -0.4 is 9.46 Å². The summed E-state index contributed by atoms with van der Waals surface area (Å²) in [6, 6.07) is 11.0. The molecule has 2 N–H and O–H groups in total. The highest BCUT2D eigenvalue weighted by Crippen LogP contribution is 3.05. The molecule has 7 aliphatic rings. The molecule has 2 aromatic rings. The van der Waals surface area contributed by atoms with Crippen LogP contribution in [0.5, 0.6) is 5.75 Å². The molecule has 0 amide bonds. The molecule has 0 saturated heterocycles. The van der Waals surface area contributed by atoms with Crippen molar-refractivity contribution in [2.24, 2.45) is 46.8 Å². The first-order valence-electron chi connectivity index (χ1n) is 11.7. The Morgan fingerprint density at radius 3 is 2.55 bits per heavy atom. The van der Waals surface area contributed by atoms with Gasteiger partial charge in [-0.25, -0.2) is 4.79 Å². The predicted octanol–water partition coefficient (Wildman–Crippen LogP) is 5.65. The van der Waals surface area contributed by atoms with E-state index < -0.39 is 5.97 Å². The third-order valence-corrected chi connectivity index (χ3v) is 11.1. The molecule has 0 radical (unpaired) electrons. The largest absolute Gasteiger partial charge is 0.491 e. The van der Waals surface area contributed by atoms with E-state index >= 15 is 0 Å². The van der Waals surface area contributed by atoms with E-state index in [1.54, 1.807) is 24.3 Å². The van der Waals surface area contributed by atoms with E-state index in [2.05, 4.69) is 10.8 Å². The van der Waals surface area contributed by atoms with Gasteiger partial charge in [0.05, 0.1) is 28.4 Å². The quantitative estimate of drug-likeness (QED) is 0.479. The molecule has 0 heterocycles. The molecule has 2 aromatic carbocycles. The minimum atomic E-state index is -0.935. The minimum absolute atomic E-state index is 0.272. The van der Waals surface area contributed by atoms with Gasteiger partial charge in [0.1, 0.15) is 11.8 Å². The topological polar surface area (TPSA) is 82.4 Å². The van der Waals surface area contributed by atoms with Gasteiger partial charge in [0, 0.05) is 16.4 Å². The Kier molecular flexibility index (Phi) is 3.46. The predicted molar refractivity (Wildman–Crippen MR) is 123 cm³/mol. The number of benzene rings is 2. The lowest BCUT2D eigenvalue weighted by Gasteiger charge is -3.07. The molecule has 5 nitrogen and oxygen atoms in total. The lowest BCUT2D eigenvalue weighted by Crippen LogP contribution is -3.06. The van der Waals surface area contributed by atoms with Gasteiger partial charge in [-0.05, 0) is 95.9 Å². The molecule has 0 spiro atoms. The van der Waals surface area contributed by atoms with E-state index in [4.69, 9.17) is 16.3 Å². The second-order valence-electron chi connectivity index (χ2n) is 10.8. The van der Waals surface area contributed by atoms with Crippen LogP contribution >= 0.6 is 23.5 Å². The zero-order chi connectivity index (χ0) is 22.2. The van der Waals surface area contributed by atoms with Gasteiger partial charge >= 0.3 is 5.97 Å². The molecule has 0 atom stereocenters. The molecule has 0 bridgehead atoms. The highest BCUT2D eigenvalue weighted by Gasteiger charge is 3.04. The molecule has 9 rings (SSSR count). The van der Waals surface area contributed by atoms with Gasteiger partial charge in [0.25, 0.3) is 0 Å². The first-order valence-corrected chi connectivity index (χ1v) is 12.9. The van der Waals surface area contributed by atoms with Crippen LogP contribution in [0.3, 0.4) is 0 Å². The van der Waals surface area contributed by atoms with Crippen LogP contribution in [0.4, 0.5) is 5.69 Å². The standard InChI is InChI=1S/C26H21ClN2O3S/c27-14-7-16(32-9-26-22-19-18-20(22)24(26)21(18)23(19)26)15(5-12(14)8-28)29-33-17-6-11(25(30)31)3-4-13(17)10-1-2-10/h3-7,10,18-24,29H,1-2,9H2,(H,30,31). The second kappa shape index (κ2) is 6.00. The van der Waals surface area contributed by atoms with Crippen molar-refractivity contribution in [3.05, 3.63) is 52.0 Å². The fourth-order valence-electron chi connectivity index (χ4n) is 8.60. The first-order chi connectivity index (χ1) is 16.0. The van der Waals surface area contributed by atoms with E-state index in [1.807, 2.05) is 6.07 Å². The number of carboxylic acids is 1. The minimum Gasteiger partial charge on any atom is -0.491 e. The summed E-state index contributed by atoms with van der Waals surface area (Å²) in [5.74, 6) is 7.04. The summed E-state index contributed by atoms with van der Waals surface area (Å²) in [5, 5.41) is 19.3. The maximum atomic E-state index is 11.5. The average molecular weight is 477 g/mol. The molecule has 166 valence electrons. The summed E-state index contributed by atoms with van der Waals surface area (Å²) < 4.78 is 9.76. The highest BCUT2D eigenvalue weighted by molar-refractivity contribution is 8.00. The maximum absolute atomic E-state index is 11.5. The molecule has 0 unspecified atom stereocenters. The number of anilines is 1. The Morgan fingerprint density at radius 2 is 1.91 bits per heavy atom. The van der Waals surface area contributed by atoms with Crippen molar-refractivity contribution in [1.82, 2.24) is 0 Å². The highest BCUT2D eigenvalue weighted by atomic mass is 35.5. The van der Waals surface area contributed by atoms with Gasteiger partial charge in [0.2, 0.25) is 0 Å². The summed E-state index contributed by atoms with van der Waals surface area (Å²) in [6.07, 6.45) is 2.26. The molecule has 7 aliphatic carbocycles. The Labute approximate surface area is 200 Å². The van der Waals surface area contributed by atoms with Crippen LogP contribution in [0, 0.1) is 58.2 Å². The van der Waals surface area contributed by atoms with E-state index in [0.717, 1.165) is 65.8 Å². The van der Waals surface area contributed by atoms with Crippen LogP contribution in [0.1, 0.15) is 40.2 Å². The number of hydrogen-bond donors (Lipinski definition) is 2. The van der Waals surface area contributed by atoms with E-state index in [1.165, 1.54) is 17.5 Å². The number of nitrogens with one attached hydrogen (secondary N) is 1. The third-order valence-electron chi connectivity index (χ3n) is 9.90. The summed E-state index contributed by atoms with van der Waals surface area (Å²) in [4.78, 5) is 12.4. The molecule has 7 fully saturated rings. The molecular formula is C26H21ClN2O3S. The van der Waals surface area contributed by atoms with Gasteiger partial charge < -0.3 is 14.6 Å². The van der Waals surface area contributed by atoms with Crippen LogP contribution in [0.15, 0.2) is 35.2 Å². The Bertz CT molecular complexity index is 1260. The summed E-state index contributed by atoms with van der Waals surface area (Å²) in [6.45, 7) is 0.743.